The zero-order valence-corrected chi connectivity index (χ0v) is 10.0. The summed E-state index contributed by atoms with van der Waals surface area (Å²) in [4.78, 5) is 4.04. The average molecular weight is 224 g/mol. The summed E-state index contributed by atoms with van der Waals surface area (Å²) >= 11 is 1.85. The van der Waals surface area contributed by atoms with Crippen LogP contribution in [0.2, 0.25) is 0 Å². The molecule has 1 aliphatic heterocycles. The lowest BCUT2D eigenvalue weighted by molar-refractivity contribution is 0.280. The molecule has 3 heteroatoms. The molecule has 2 N–H and O–H groups in total. The van der Waals surface area contributed by atoms with E-state index < -0.39 is 0 Å². The van der Waals surface area contributed by atoms with Gasteiger partial charge in [0.15, 0.2) is 0 Å². The van der Waals surface area contributed by atoms with Crippen LogP contribution < -0.4 is 5.73 Å². The molecule has 84 valence electrons. The Morgan fingerprint density at radius 3 is 2.80 bits per heavy atom. The second-order valence-corrected chi connectivity index (χ2v) is 5.43. The summed E-state index contributed by atoms with van der Waals surface area (Å²) in [5.74, 6) is 0.641. The molecule has 0 bridgehead atoms. The lowest BCUT2D eigenvalue weighted by Crippen LogP contribution is -2.32. The molecule has 0 amide bonds. The van der Waals surface area contributed by atoms with Crippen molar-refractivity contribution in [3.05, 3.63) is 22.4 Å². The molecule has 2 heterocycles. The highest BCUT2D eigenvalue weighted by molar-refractivity contribution is 7.09. The third kappa shape index (κ3) is 3.30. The van der Waals surface area contributed by atoms with Gasteiger partial charge in [0.1, 0.15) is 0 Å². The molecule has 1 aromatic rings. The Hall–Kier alpha value is -0.380. The molecule has 0 radical (unpaired) electrons. The molecule has 1 saturated heterocycles. The maximum Gasteiger partial charge on any atom is 0.00489 e. The molecule has 0 spiro atoms. The number of likely N-dealkylation sites (tertiary alicyclic amines) is 1. The SMILES string of the molecule is NCC(Cc1cccs1)CN1CCCC1. The molecule has 0 aromatic carbocycles. The van der Waals surface area contributed by atoms with E-state index in [1.807, 2.05) is 11.3 Å². The molecule has 15 heavy (non-hydrogen) atoms. The molecule has 0 aliphatic carbocycles. The number of hydrogen-bond acceptors (Lipinski definition) is 3. The average Bonchev–Trinajstić information content (AvgIpc) is 2.89. The van der Waals surface area contributed by atoms with Crippen molar-refractivity contribution in [3.8, 4) is 0 Å². The zero-order chi connectivity index (χ0) is 10.5. The van der Waals surface area contributed by atoms with Crippen LogP contribution in [-0.2, 0) is 6.42 Å². The summed E-state index contributed by atoms with van der Waals surface area (Å²) in [7, 11) is 0. The second-order valence-electron chi connectivity index (χ2n) is 4.39. The van der Waals surface area contributed by atoms with Crippen molar-refractivity contribution in [1.82, 2.24) is 4.90 Å². The van der Waals surface area contributed by atoms with E-state index in [9.17, 15) is 0 Å². The molecule has 1 fully saturated rings. The third-order valence-electron chi connectivity index (χ3n) is 3.12. The largest absolute Gasteiger partial charge is 0.330 e. The van der Waals surface area contributed by atoms with Gasteiger partial charge in [-0.2, -0.15) is 0 Å². The Morgan fingerprint density at radius 1 is 1.40 bits per heavy atom. The van der Waals surface area contributed by atoms with Crippen molar-refractivity contribution in [3.63, 3.8) is 0 Å². The molecule has 2 nitrogen and oxygen atoms in total. The molecule has 1 aromatic heterocycles. The summed E-state index contributed by atoms with van der Waals surface area (Å²) in [6.07, 6.45) is 3.90. The van der Waals surface area contributed by atoms with Gasteiger partial charge in [0, 0.05) is 11.4 Å². The zero-order valence-electron chi connectivity index (χ0n) is 9.19. The van der Waals surface area contributed by atoms with E-state index in [4.69, 9.17) is 5.73 Å². The van der Waals surface area contributed by atoms with Gasteiger partial charge in [-0.15, -0.1) is 11.3 Å². The van der Waals surface area contributed by atoms with Gasteiger partial charge in [0.05, 0.1) is 0 Å². The Kier molecular flexibility index (Phi) is 4.18. The Labute approximate surface area is 96.1 Å². The van der Waals surface area contributed by atoms with E-state index in [1.54, 1.807) is 0 Å². The minimum absolute atomic E-state index is 0.641. The minimum Gasteiger partial charge on any atom is -0.330 e. The van der Waals surface area contributed by atoms with E-state index >= 15 is 0 Å². The van der Waals surface area contributed by atoms with Crippen LogP contribution in [0.3, 0.4) is 0 Å². The minimum atomic E-state index is 0.641. The molecule has 0 saturated carbocycles. The van der Waals surface area contributed by atoms with E-state index in [2.05, 4.69) is 22.4 Å². The van der Waals surface area contributed by atoms with Gasteiger partial charge in [0.25, 0.3) is 0 Å². The summed E-state index contributed by atoms with van der Waals surface area (Å²) in [6.45, 7) is 4.56. The number of nitrogens with zero attached hydrogens (tertiary/aromatic N) is 1. The second kappa shape index (κ2) is 5.64. The fourth-order valence-electron chi connectivity index (χ4n) is 2.27. The van der Waals surface area contributed by atoms with Crippen molar-refractivity contribution in [2.45, 2.75) is 19.3 Å². The van der Waals surface area contributed by atoms with Crippen LogP contribution in [0.25, 0.3) is 0 Å². The van der Waals surface area contributed by atoms with Gasteiger partial charge < -0.3 is 10.6 Å². The summed E-state index contributed by atoms with van der Waals surface area (Å²) < 4.78 is 0. The van der Waals surface area contributed by atoms with Gasteiger partial charge in [-0.1, -0.05) is 6.07 Å². The normalized spacial score (nSPS) is 19.5. The van der Waals surface area contributed by atoms with E-state index in [0.717, 1.165) is 13.0 Å². The maximum atomic E-state index is 5.85. The van der Waals surface area contributed by atoms with Crippen molar-refractivity contribution in [2.24, 2.45) is 11.7 Å². The van der Waals surface area contributed by atoms with Crippen molar-refractivity contribution in [1.29, 1.82) is 0 Å². The van der Waals surface area contributed by atoms with Crippen LogP contribution in [0, 0.1) is 5.92 Å². The lowest BCUT2D eigenvalue weighted by atomic mass is 10.0. The highest BCUT2D eigenvalue weighted by Gasteiger charge is 2.17. The van der Waals surface area contributed by atoms with Crippen LogP contribution in [0.5, 0.6) is 0 Å². The Morgan fingerprint density at radius 2 is 2.20 bits per heavy atom. The van der Waals surface area contributed by atoms with Crippen LogP contribution in [0.1, 0.15) is 17.7 Å². The van der Waals surface area contributed by atoms with Gasteiger partial charge in [-0.05, 0) is 56.3 Å². The maximum absolute atomic E-state index is 5.85. The molecule has 1 atom stereocenters. The fourth-order valence-corrected chi connectivity index (χ4v) is 3.09. The highest BCUT2D eigenvalue weighted by Crippen LogP contribution is 2.17. The number of thiophene rings is 1. The first kappa shape index (κ1) is 11.1. The standard InChI is InChI=1S/C12H20N2S/c13-9-11(8-12-4-3-7-15-12)10-14-5-1-2-6-14/h3-4,7,11H,1-2,5-6,8-10,13H2. The Balaban J connectivity index is 1.81. The first-order valence-electron chi connectivity index (χ1n) is 5.83. The first-order valence-corrected chi connectivity index (χ1v) is 6.71. The molecule has 1 aliphatic rings. The lowest BCUT2D eigenvalue weighted by Gasteiger charge is -2.21. The number of nitrogens with two attached hydrogens (primary N) is 1. The van der Waals surface area contributed by atoms with E-state index in [0.29, 0.717) is 5.92 Å². The van der Waals surface area contributed by atoms with Gasteiger partial charge in [-0.3, -0.25) is 0 Å². The summed E-state index contributed by atoms with van der Waals surface area (Å²) in [6, 6.07) is 4.35. The molecule has 1 unspecified atom stereocenters. The van der Waals surface area contributed by atoms with Crippen LogP contribution in [-0.4, -0.2) is 31.1 Å². The molecule has 2 rings (SSSR count). The van der Waals surface area contributed by atoms with Crippen LogP contribution >= 0.6 is 11.3 Å². The van der Waals surface area contributed by atoms with Crippen LogP contribution in [0.4, 0.5) is 0 Å². The topological polar surface area (TPSA) is 29.3 Å². The van der Waals surface area contributed by atoms with Crippen LogP contribution in [0.15, 0.2) is 17.5 Å². The fraction of sp³-hybridized carbons (Fsp3) is 0.667. The highest BCUT2D eigenvalue weighted by atomic mass is 32.1. The Bertz CT molecular complexity index is 265. The predicted molar refractivity (Wildman–Crippen MR) is 66.2 cm³/mol. The van der Waals surface area contributed by atoms with Gasteiger partial charge in [0.2, 0.25) is 0 Å². The van der Waals surface area contributed by atoms with Crippen molar-refractivity contribution >= 4 is 11.3 Å². The first-order chi connectivity index (χ1) is 7.38. The monoisotopic (exact) mass is 224 g/mol. The smallest absolute Gasteiger partial charge is 0.00489 e. The molecular formula is C12H20N2S. The predicted octanol–water partition coefficient (Wildman–Crippen LogP) is 1.96. The number of rotatable bonds is 5. The van der Waals surface area contributed by atoms with Gasteiger partial charge >= 0.3 is 0 Å². The molecular weight excluding hydrogens is 204 g/mol. The van der Waals surface area contributed by atoms with Crippen molar-refractivity contribution < 1.29 is 0 Å². The third-order valence-corrected chi connectivity index (χ3v) is 4.02. The van der Waals surface area contributed by atoms with Gasteiger partial charge in [-0.25, -0.2) is 0 Å². The summed E-state index contributed by atoms with van der Waals surface area (Å²) in [5.41, 5.74) is 5.85. The number of hydrogen-bond donors (Lipinski definition) is 1. The van der Waals surface area contributed by atoms with E-state index in [1.165, 1.54) is 37.4 Å². The quantitative estimate of drug-likeness (QED) is 0.828. The summed E-state index contributed by atoms with van der Waals surface area (Å²) in [5, 5.41) is 2.15. The van der Waals surface area contributed by atoms with E-state index in [-0.39, 0.29) is 0 Å². The van der Waals surface area contributed by atoms with Crippen molar-refractivity contribution in [2.75, 3.05) is 26.2 Å².